The predicted octanol–water partition coefficient (Wildman–Crippen LogP) is 3.25. The molecule has 2 aromatic carbocycles. The van der Waals surface area contributed by atoms with Crippen LogP contribution in [-0.2, 0) is 0 Å². The Balaban J connectivity index is 1.39. The molecular formula is C22H21N5O3. The van der Waals surface area contributed by atoms with Crippen LogP contribution < -0.4 is 19.1 Å². The summed E-state index contributed by atoms with van der Waals surface area (Å²) in [5, 5.41) is 0.918. The Morgan fingerprint density at radius 3 is 2.57 bits per heavy atom. The molecule has 1 fully saturated rings. The summed E-state index contributed by atoms with van der Waals surface area (Å²) in [7, 11) is 3.24. The minimum Gasteiger partial charge on any atom is -0.493 e. The Morgan fingerprint density at radius 2 is 1.73 bits per heavy atom. The summed E-state index contributed by atoms with van der Waals surface area (Å²) in [6.07, 6.45) is 4.13. The lowest BCUT2D eigenvalue weighted by atomic mass is 10.2. The molecule has 152 valence electrons. The number of para-hydroxylation sites is 2. The van der Waals surface area contributed by atoms with E-state index in [2.05, 4.69) is 24.8 Å². The topological polar surface area (TPSA) is 82.5 Å². The van der Waals surface area contributed by atoms with Crippen molar-refractivity contribution in [3.05, 3.63) is 48.9 Å². The first-order chi connectivity index (χ1) is 14.7. The van der Waals surface area contributed by atoms with E-state index in [1.54, 1.807) is 26.7 Å². The van der Waals surface area contributed by atoms with Crippen LogP contribution in [-0.4, -0.2) is 53.3 Å². The van der Waals surface area contributed by atoms with Crippen molar-refractivity contribution in [1.82, 2.24) is 19.9 Å². The zero-order valence-corrected chi connectivity index (χ0v) is 16.8. The summed E-state index contributed by atoms with van der Waals surface area (Å²) < 4.78 is 17.0. The van der Waals surface area contributed by atoms with Crippen LogP contribution >= 0.6 is 0 Å². The Bertz CT molecular complexity index is 1220. The van der Waals surface area contributed by atoms with Crippen LogP contribution in [0.3, 0.4) is 0 Å². The van der Waals surface area contributed by atoms with Gasteiger partial charge in [0.15, 0.2) is 11.5 Å². The Kier molecular flexibility index (Phi) is 4.66. The van der Waals surface area contributed by atoms with Crippen molar-refractivity contribution in [3.8, 4) is 17.4 Å². The number of ether oxygens (including phenoxy) is 3. The molecule has 1 aliphatic rings. The lowest BCUT2D eigenvalue weighted by Crippen LogP contribution is -2.25. The van der Waals surface area contributed by atoms with E-state index in [0.717, 1.165) is 40.7 Å². The SMILES string of the molecule is COc1cc2ncnc(N3CCC(Oc4cnc5ccccc5n4)C3)c2cc1OC. The maximum atomic E-state index is 6.13. The summed E-state index contributed by atoms with van der Waals surface area (Å²) >= 11 is 0. The summed E-state index contributed by atoms with van der Waals surface area (Å²) in [5.74, 6) is 2.70. The second-order valence-electron chi connectivity index (χ2n) is 7.09. The van der Waals surface area contributed by atoms with Gasteiger partial charge in [0, 0.05) is 24.4 Å². The number of benzene rings is 2. The van der Waals surface area contributed by atoms with E-state index in [0.29, 0.717) is 23.9 Å². The van der Waals surface area contributed by atoms with Crippen molar-refractivity contribution < 1.29 is 14.2 Å². The fourth-order valence-corrected chi connectivity index (χ4v) is 3.81. The molecule has 1 atom stereocenters. The van der Waals surface area contributed by atoms with Crippen LogP contribution in [0.2, 0.25) is 0 Å². The third-order valence-corrected chi connectivity index (χ3v) is 5.28. The number of hydrogen-bond acceptors (Lipinski definition) is 8. The average molecular weight is 403 g/mol. The lowest BCUT2D eigenvalue weighted by Gasteiger charge is -2.20. The normalized spacial score (nSPS) is 16.2. The van der Waals surface area contributed by atoms with Crippen molar-refractivity contribution in [2.45, 2.75) is 12.5 Å². The third kappa shape index (κ3) is 3.30. The van der Waals surface area contributed by atoms with E-state index in [9.17, 15) is 0 Å². The van der Waals surface area contributed by atoms with Crippen LogP contribution in [0.1, 0.15) is 6.42 Å². The fraction of sp³-hybridized carbons (Fsp3) is 0.273. The summed E-state index contributed by atoms with van der Waals surface area (Å²) in [6.45, 7) is 1.53. The van der Waals surface area contributed by atoms with Gasteiger partial charge in [-0.25, -0.2) is 19.9 Å². The zero-order valence-electron chi connectivity index (χ0n) is 16.8. The lowest BCUT2D eigenvalue weighted by molar-refractivity contribution is 0.216. The fourth-order valence-electron chi connectivity index (χ4n) is 3.81. The molecule has 4 aromatic rings. The van der Waals surface area contributed by atoms with Crippen molar-refractivity contribution >= 4 is 27.8 Å². The molecule has 8 heteroatoms. The molecule has 0 amide bonds. The number of hydrogen-bond donors (Lipinski definition) is 0. The van der Waals surface area contributed by atoms with Crippen molar-refractivity contribution in [1.29, 1.82) is 0 Å². The minimum absolute atomic E-state index is 0.00521. The van der Waals surface area contributed by atoms with Gasteiger partial charge in [-0.1, -0.05) is 12.1 Å². The van der Waals surface area contributed by atoms with Gasteiger partial charge in [0.1, 0.15) is 18.2 Å². The minimum atomic E-state index is 0.00521. The maximum absolute atomic E-state index is 6.13. The van der Waals surface area contributed by atoms with Crippen molar-refractivity contribution in [2.75, 3.05) is 32.2 Å². The Labute approximate surface area is 173 Å². The van der Waals surface area contributed by atoms with Crippen LogP contribution in [0.4, 0.5) is 5.82 Å². The molecule has 0 spiro atoms. The molecule has 30 heavy (non-hydrogen) atoms. The first-order valence-electron chi connectivity index (χ1n) is 9.75. The Hall–Kier alpha value is -3.68. The average Bonchev–Trinajstić information content (AvgIpc) is 3.25. The number of rotatable bonds is 5. The van der Waals surface area contributed by atoms with Gasteiger partial charge in [-0.05, 0) is 18.2 Å². The van der Waals surface area contributed by atoms with E-state index >= 15 is 0 Å². The van der Waals surface area contributed by atoms with Crippen molar-refractivity contribution in [3.63, 3.8) is 0 Å². The molecule has 0 N–H and O–H groups in total. The molecule has 1 unspecified atom stereocenters. The molecule has 0 radical (unpaired) electrons. The molecule has 5 rings (SSSR count). The first-order valence-corrected chi connectivity index (χ1v) is 9.75. The second kappa shape index (κ2) is 7.62. The van der Waals surface area contributed by atoms with Crippen LogP contribution in [0.5, 0.6) is 17.4 Å². The second-order valence-corrected chi connectivity index (χ2v) is 7.09. The van der Waals surface area contributed by atoms with Gasteiger partial charge >= 0.3 is 0 Å². The molecular weight excluding hydrogens is 382 g/mol. The molecule has 3 heterocycles. The molecule has 0 aliphatic carbocycles. The highest BCUT2D eigenvalue weighted by atomic mass is 16.5. The highest BCUT2D eigenvalue weighted by Gasteiger charge is 2.27. The predicted molar refractivity (Wildman–Crippen MR) is 113 cm³/mol. The molecule has 1 aliphatic heterocycles. The van der Waals surface area contributed by atoms with Gasteiger partial charge in [-0.3, -0.25) is 0 Å². The first kappa shape index (κ1) is 18.4. The van der Waals surface area contributed by atoms with Gasteiger partial charge < -0.3 is 19.1 Å². The third-order valence-electron chi connectivity index (χ3n) is 5.28. The highest BCUT2D eigenvalue weighted by Crippen LogP contribution is 2.35. The van der Waals surface area contributed by atoms with E-state index in [4.69, 9.17) is 14.2 Å². The van der Waals surface area contributed by atoms with Gasteiger partial charge in [0.25, 0.3) is 0 Å². The van der Waals surface area contributed by atoms with Gasteiger partial charge in [-0.15, -0.1) is 0 Å². The van der Waals surface area contributed by atoms with Crippen LogP contribution in [0.15, 0.2) is 48.9 Å². The van der Waals surface area contributed by atoms with E-state index in [1.807, 2.05) is 36.4 Å². The molecule has 1 saturated heterocycles. The molecule has 8 nitrogen and oxygen atoms in total. The molecule has 0 saturated carbocycles. The van der Waals surface area contributed by atoms with E-state index in [1.165, 1.54) is 0 Å². The smallest absolute Gasteiger partial charge is 0.233 e. The van der Waals surface area contributed by atoms with Gasteiger partial charge in [0.05, 0.1) is 43.5 Å². The Morgan fingerprint density at radius 1 is 0.933 bits per heavy atom. The van der Waals surface area contributed by atoms with Gasteiger partial charge in [-0.2, -0.15) is 0 Å². The van der Waals surface area contributed by atoms with Crippen LogP contribution in [0.25, 0.3) is 21.9 Å². The quantitative estimate of drug-likeness (QED) is 0.502. The van der Waals surface area contributed by atoms with E-state index < -0.39 is 0 Å². The number of aromatic nitrogens is 4. The summed E-state index contributed by atoms with van der Waals surface area (Å²) in [4.78, 5) is 20.1. The monoisotopic (exact) mass is 403 g/mol. The maximum Gasteiger partial charge on any atom is 0.233 e. The number of anilines is 1. The molecule has 0 bridgehead atoms. The highest BCUT2D eigenvalue weighted by molar-refractivity contribution is 5.92. The van der Waals surface area contributed by atoms with Gasteiger partial charge in [0.2, 0.25) is 5.88 Å². The van der Waals surface area contributed by atoms with E-state index in [-0.39, 0.29) is 6.10 Å². The zero-order chi connectivity index (χ0) is 20.5. The summed E-state index contributed by atoms with van der Waals surface area (Å²) in [5.41, 5.74) is 2.49. The number of fused-ring (bicyclic) bond motifs is 2. The number of methoxy groups -OCH3 is 2. The van der Waals surface area contributed by atoms with Crippen LogP contribution in [0, 0.1) is 0 Å². The standard InChI is InChI=1S/C22H21N5O3/c1-28-19-9-15-18(10-20(19)29-2)24-13-25-22(15)27-8-7-14(12-27)30-21-11-23-16-5-3-4-6-17(16)26-21/h3-6,9-11,13-14H,7-8,12H2,1-2H3. The van der Waals surface area contributed by atoms with Crippen molar-refractivity contribution in [2.24, 2.45) is 0 Å². The largest absolute Gasteiger partial charge is 0.493 e. The number of nitrogens with zero attached hydrogens (tertiary/aromatic N) is 5. The molecule has 2 aromatic heterocycles. The summed E-state index contributed by atoms with van der Waals surface area (Å²) in [6, 6.07) is 11.6.